The number of nitrogens with zero attached hydrogens (tertiary/aromatic N) is 3. The highest BCUT2D eigenvalue weighted by Crippen LogP contribution is 2.27. The van der Waals surface area contributed by atoms with Crippen LogP contribution in [-0.2, 0) is 0 Å². The molecule has 1 aromatic rings. The second-order valence-electron chi connectivity index (χ2n) is 3.14. The van der Waals surface area contributed by atoms with E-state index in [-0.39, 0.29) is 0 Å². The van der Waals surface area contributed by atoms with Crippen molar-refractivity contribution in [2.45, 2.75) is 0 Å². The Morgan fingerprint density at radius 3 is 3.00 bits per heavy atom. The van der Waals surface area contributed by atoms with Gasteiger partial charge in [0.1, 0.15) is 5.69 Å². The van der Waals surface area contributed by atoms with Crippen LogP contribution >= 0.6 is 0 Å². The molecule has 0 aromatic heterocycles. The molecule has 0 bridgehead atoms. The Hall–Kier alpha value is -2.10. The number of aromatic nitrogens is 3. The van der Waals surface area contributed by atoms with E-state index in [1.54, 1.807) is 12.4 Å². The molecule has 14 heavy (non-hydrogen) atoms. The lowest BCUT2D eigenvalue weighted by molar-refractivity contribution is 0.198. The quantitative estimate of drug-likeness (QED) is 0.543. The van der Waals surface area contributed by atoms with Gasteiger partial charge in [0.25, 0.3) is 0 Å². The van der Waals surface area contributed by atoms with E-state index in [0.717, 1.165) is 26.9 Å². The number of pyridine rings is 1. The van der Waals surface area contributed by atoms with Crippen molar-refractivity contribution in [2.24, 2.45) is 0 Å². The van der Waals surface area contributed by atoms with Crippen LogP contribution in [0.5, 0.6) is 0 Å². The average Bonchev–Trinajstić information content (AvgIpc) is 2.66. The molecule has 0 spiro atoms. The summed E-state index contributed by atoms with van der Waals surface area (Å²) in [6.45, 7) is 0. The van der Waals surface area contributed by atoms with E-state index in [1.807, 2.05) is 24.3 Å². The fourth-order valence-electron chi connectivity index (χ4n) is 1.65. The molecule has 2 aliphatic heterocycles. The summed E-state index contributed by atoms with van der Waals surface area (Å²) in [4.78, 5) is 0. The van der Waals surface area contributed by atoms with Gasteiger partial charge < -0.3 is 5.21 Å². The number of para-hydroxylation sites is 1. The largest absolute Gasteiger partial charge is 0.428 e. The maximum Gasteiger partial charge on any atom is 0.106 e. The Morgan fingerprint density at radius 2 is 2.07 bits per heavy atom. The van der Waals surface area contributed by atoms with Gasteiger partial charge in [-0.3, -0.25) is 0 Å². The summed E-state index contributed by atoms with van der Waals surface area (Å²) in [5.41, 5.74) is 2.40. The van der Waals surface area contributed by atoms with Crippen LogP contribution in [0.1, 0.15) is 0 Å². The first-order valence-corrected chi connectivity index (χ1v) is 4.27. The van der Waals surface area contributed by atoms with Crippen LogP contribution in [0, 0.1) is 0 Å². The third-order valence-electron chi connectivity index (χ3n) is 2.30. The number of rotatable bonds is 0. The number of hydrogen-bond acceptors (Lipinski definition) is 3. The van der Waals surface area contributed by atoms with Crippen molar-refractivity contribution in [3.63, 3.8) is 0 Å². The monoisotopic (exact) mass is 185 g/mol. The van der Waals surface area contributed by atoms with E-state index >= 15 is 0 Å². The average molecular weight is 185 g/mol. The second kappa shape index (κ2) is 2.45. The van der Waals surface area contributed by atoms with Crippen LogP contribution < -0.4 is 0 Å². The maximum absolute atomic E-state index is 9.65. The van der Waals surface area contributed by atoms with Crippen LogP contribution in [0.4, 0.5) is 0 Å². The molecule has 0 saturated heterocycles. The van der Waals surface area contributed by atoms with Gasteiger partial charge in [-0.2, -0.15) is 9.83 Å². The number of hydrogen-bond donors (Lipinski definition) is 1. The molecule has 68 valence electrons. The minimum absolute atomic E-state index is 0.737. The smallest absolute Gasteiger partial charge is 0.106 e. The molecule has 1 aromatic carbocycles. The summed E-state index contributed by atoms with van der Waals surface area (Å²) in [6.07, 6.45) is 3.24. The van der Waals surface area contributed by atoms with Crippen molar-refractivity contribution >= 4 is 10.9 Å². The van der Waals surface area contributed by atoms with Gasteiger partial charge in [-0.15, -0.1) is 5.10 Å². The van der Waals surface area contributed by atoms with Crippen LogP contribution in [0.2, 0.25) is 0 Å². The standard InChI is InChI=1S/C10H7N3O/c14-13-6-7-5-11-12-10(7)8-3-1-2-4-9(8)13/h1-6,14H. The zero-order valence-electron chi connectivity index (χ0n) is 7.25. The van der Waals surface area contributed by atoms with Gasteiger partial charge in [-0.1, -0.05) is 18.2 Å². The molecule has 2 heterocycles. The van der Waals surface area contributed by atoms with Crippen molar-refractivity contribution in [2.75, 3.05) is 0 Å². The summed E-state index contributed by atoms with van der Waals surface area (Å²) in [6, 6.07) is 7.54. The molecule has 0 aliphatic carbocycles. The third kappa shape index (κ3) is 0.821. The molecular formula is C10H7N3O. The van der Waals surface area contributed by atoms with E-state index < -0.39 is 0 Å². The molecule has 1 N–H and O–H groups in total. The number of benzene rings is 1. The predicted octanol–water partition coefficient (Wildman–Crippen LogP) is 1.77. The molecular weight excluding hydrogens is 178 g/mol. The van der Waals surface area contributed by atoms with Gasteiger partial charge in [0.15, 0.2) is 0 Å². The summed E-state index contributed by atoms with van der Waals surface area (Å²) in [5.74, 6) is 0. The van der Waals surface area contributed by atoms with Crippen molar-refractivity contribution in [1.29, 1.82) is 0 Å². The zero-order valence-corrected chi connectivity index (χ0v) is 7.25. The highest BCUT2D eigenvalue weighted by molar-refractivity contribution is 5.93. The Morgan fingerprint density at radius 1 is 1.21 bits per heavy atom. The summed E-state index contributed by atoms with van der Waals surface area (Å²) < 4.78 is 1.10. The fraction of sp³-hybridized carbons (Fsp3) is 0. The second-order valence-corrected chi connectivity index (χ2v) is 3.14. The molecule has 3 rings (SSSR count). The fourth-order valence-corrected chi connectivity index (χ4v) is 1.65. The summed E-state index contributed by atoms with van der Waals surface area (Å²) >= 11 is 0. The Labute approximate surface area is 79.7 Å². The van der Waals surface area contributed by atoms with Gasteiger partial charge >= 0.3 is 0 Å². The Bertz CT molecular complexity index is 573. The zero-order chi connectivity index (χ0) is 9.54. The lowest BCUT2D eigenvalue weighted by Gasteiger charge is -2.06. The lowest BCUT2D eigenvalue weighted by Crippen LogP contribution is -1.96. The molecule has 0 fully saturated rings. The summed E-state index contributed by atoms with van der Waals surface area (Å²) in [7, 11) is 0. The normalized spacial score (nSPS) is 11.1. The molecule has 2 aliphatic rings. The van der Waals surface area contributed by atoms with Gasteiger partial charge in [0.05, 0.1) is 17.9 Å². The predicted molar refractivity (Wildman–Crippen MR) is 51.3 cm³/mol. The minimum atomic E-state index is 0.737. The van der Waals surface area contributed by atoms with Crippen molar-refractivity contribution in [3.05, 3.63) is 36.7 Å². The van der Waals surface area contributed by atoms with Crippen molar-refractivity contribution < 1.29 is 5.21 Å². The highest BCUT2D eigenvalue weighted by Gasteiger charge is 2.11. The first-order chi connectivity index (χ1) is 6.86. The van der Waals surface area contributed by atoms with Crippen LogP contribution in [0.3, 0.4) is 0 Å². The molecule has 4 nitrogen and oxygen atoms in total. The van der Waals surface area contributed by atoms with Gasteiger partial charge in [0, 0.05) is 10.9 Å². The Kier molecular flexibility index (Phi) is 1.28. The topological polar surface area (TPSA) is 50.9 Å². The molecule has 0 radical (unpaired) electrons. The van der Waals surface area contributed by atoms with E-state index in [1.165, 1.54) is 0 Å². The Balaban J connectivity index is 2.60. The molecule has 0 saturated carbocycles. The molecule has 0 amide bonds. The molecule has 4 heteroatoms. The van der Waals surface area contributed by atoms with E-state index in [2.05, 4.69) is 10.2 Å². The van der Waals surface area contributed by atoms with E-state index in [0.29, 0.717) is 0 Å². The minimum Gasteiger partial charge on any atom is -0.428 e. The SMILES string of the molecule is On1cc2cnnc-2c2ccccc21. The van der Waals surface area contributed by atoms with E-state index in [9.17, 15) is 5.21 Å². The van der Waals surface area contributed by atoms with Gasteiger partial charge in [0.2, 0.25) is 0 Å². The lowest BCUT2D eigenvalue weighted by atomic mass is 10.1. The van der Waals surface area contributed by atoms with Crippen molar-refractivity contribution in [3.8, 4) is 11.3 Å². The van der Waals surface area contributed by atoms with Crippen LogP contribution in [0.25, 0.3) is 22.2 Å². The first-order valence-electron chi connectivity index (χ1n) is 4.27. The van der Waals surface area contributed by atoms with Gasteiger partial charge in [-0.05, 0) is 6.07 Å². The molecule has 0 unspecified atom stereocenters. The number of fused-ring (bicyclic) bond motifs is 3. The van der Waals surface area contributed by atoms with Crippen molar-refractivity contribution in [1.82, 2.24) is 14.9 Å². The highest BCUT2D eigenvalue weighted by atomic mass is 16.5. The first kappa shape index (κ1) is 7.32. The van der Waals surface area contributed by atoms with Gasteiger partial charge in [-0.25, -0.2) is 0 Å². The molecule has 0 atom stereocenters. The van der Waals surface area contributed by atoms with Crippen LogP contribution in [0.15, 0.2) is 36.7 Å². The summed E-state index contributed by atoms with van der Waals surface area (Å²) in [5, 5.41) is 18.4. The van der Waals surface area contributed by atoms with E-state index in [4.69, 9.17) is 0 Å². The van der Waals surface area contributed by atoms with Crippen LogP contribution in [-0.4, -0.2) is 20.1 Å². The third-order valence-corrected chi connectivity index (χ3v) is 2.30. The maximum atomic E-state index is 9.65.